The van der Waals surface area contributed by atoms with Crippen molar-refractivity contribution in [2.45, 2.75) is 17.9 Å². The van der Waals surface area contributed by atoms with Crippen LogP contribution in [0.1, 0.15) is 24.0 Å². The summed E-state index contributed by atoms with van der Waals surface area (Å²) in [5.41, 5.74) is 2.44. The summed E-state index contributed by atoms with van der Waals surface area (Å²) >= 11 is 0. The zero-order valence-corrected chi connectivity index (χ0v) is 15.2. The van der Waals surface area contributed by atoms with Crippen LogP contribution >= 0.6 is 0 Å². The summed E-state index contributed by atoms with van der Waals surface area (Å²) in [6, 6.07) is 24.2. The predicted octanol–water partition coefficient (Wildman–Crippen LogP) is 4.20. The molecule has 0 radical (unpaired) electrons. The molecule has 4 nitrogen and oxygen atoms in total. The van der Waals surface area contributed by atoms with Crippen molar-refractivity contribution in [3.8, 4) is 0 Å². The lowest BCUT2D eigenvalue weighted by molar-refractivity contribution is 0.587. The van der Waals surface area contributed by atoms with Crippen molar-refractivity contribution in [1.82, 2.24) is 9.71 Å². The van der Waals surface area contributed by atoms with E-state index in [1.807, 2.05) is 73.7 Å². The lowest BCUT2D eigenvalue weighted by atomic mass is 9.98. The van der Waals surface area contributed by atoms with Gasteiger partial charge in [0.05, 0.1) is 5.70 Å². The van der Waals surface area contributed by atoms with Gasteiger partial charge in [-0.3, -0.25) is 4.72 Å². The number of rotatable bonds is 6. The molecule has 0 saturated carbocycles. The van der Waals surface area contributed by atoms with Gasteiger partial charge in [0.25, 0.3) is 10.0 Å². The molecule has 2 aromatic carbocycles. The van der Waals surface area contributed by atoms with Gasteiger partial charge in [0.15, 0.2) is 5.03 Å². The Labute approximate surface area is 154 Å². The van der Waals surface area contributed by atoms with Gasteiger partial charge in [-0.1, -0.05) is 79.7 Å². The fourth-order valence-corrected chi connectivity index (χ4v) is 3.65. The number of sulfonamides is 1. The second kappa shape index (κ2) is 7.97. The van der Waals surface area contributed by atoms with Gasteiger partial charge in [0, 0.05) is 12.1 Å². The smallest absolute Gasteiger partial charge is 0.278 e. The highest BCUT2D eigenvalue weighted by molar-refractivity contribution is 7.89. The molecular weight excluding hydrogens is 344 g/mol. The molecule has 0 fully saturated rings. The minimum absolute atomic E-state index is 0.00537. The molecule has 1 N–H and O–H groups in total. The van der Waals surface area contributed by atoms with E-state index in [9.17, 15) is 8.42 Å². The van der Waals surface area contributed by atoms with Gasteiger partial charge in [0.1, 0.15) is 0 Å². The maximum absolute atomic E-state index is 12.7. The van der Waals surface area contributed by atoms with Crippen molar-refractivity contribution in [3.63, 3.8) is 0 Å². The maximum Gasteiger partial charge on any atom is 0.279 e. The number of pyridine rings is 1. The Morgan fingerprint density at radius 3 is 2.15 bits per heavy atom. The normalized spacial score (nSPS) is 13.2. The van der Waals surface area contributed by atoms with Crippen LogP contribution < -0.4 is 4.72 Å². The number of aromatic nitrogens is 1. The SMILES string of the molecule is CC(/C=C(\NS(=O)(=O)c1ccccn1)c1ccccc1)c1ccccc1. The van der Waals surface area contributed by atoms with Gasteiger partial charge >= 0.3 is 0 Å². The lowest BCUT2D eigenvalue weighted by Gasteiger charge is -2.15. The summed E-state index contributed by atoms with van der Waals surface area (Å²) in [4.78, 5) is 3.96. The predicted molar refractivity (Wildman–Crippen MR) is 104 cm³/mol. The van der Waals surface area contributed by atoms with Gasteiger partial charge in [-0.15, -0.1) is 0 Å². The summed E-state index contributed by atoms with van der Waals surface area (Å²) in [6.45, 7) is 2.04. The molecule has 0 amide bonds. The van der Waals surface area contributed by atoms with Crippen LogP contribution in [0.15, 0.2) is 96.2 Å². The summed E-state index contributed by atoms with van der Waals surface area (Å²) in [7, 11) is -3.76. The molecule has 0 aliphatic rings. The minimum atomic E-state index is -3.76. The van der Waals surface area contributed by atoms with E-state index in [-0.39, 0.29) is 10.9 Å². The first-order valence-electron chi connectivity index (χ1n) is 8.32. The highest BCUT2D eigenvalue weighted by Gasteiger charge is 2.18. The summed E-state index contributed by atoms with van der Waals surface area (Å²) in [6.07, 6.45) is 3.39. The third-order valence-electron chi connectivity index (χ3n) is 3.98. The van der Waals surface area contributed by atoms with E-state index in [0.29, 0.717) is 5.70 Å². The first-order chi connectivity index (χ1) is 12.6. The van der Waals surface area contributed by atoms with Crippen molar-refractivity contribution >= 4 is 15.7 Å². The van der Waals surface area contributed by atoms with Crippen molar-refractivity contribution in [2.24, 2.45) is 0 Å². The van der Waals surface area contributed by atoms with Gasteiger partial charge in [-0.05, 0) is 23.3 Å². The fourth-order valence-electron chi connectivity index (χ4n) is 2.61. The molecule has 0 saturated heterocycles. The number of hydrogen-bond donors (Lipinski definition) is 1. The minimum Gasteiger partial charge on any atom is -0.278 e. The second-order valence-corrected chi connectivity index (χ2v) is 7.55. The van der Waals surface area contributed by atoms with E-state index in [0.717, 1.165) is 11.1 Å². The average molecular weight is 364 g/mol. The number of hydrogen-bond acceptors (Lipinski definition) is 3. The summed E-state index contributed by atoms with van der Waals surface area (Å²) < 4.78 is 28.1. The Morgan fingerprint density at radius 1 is 0.923 bits per heavy atom. The lowest BCUT2D eigenvalue weighted by Crippen LogP contribution is -2.23. The number of nitrogens with one attached hydrogen (secondary N) is 1. The van der Waals surface area contributed by atoms with E-state index < -0.39 is 10.0 Å². The Balaban J connectivity index is 1.98. The van der Waals surface area contributed by atoms with Crippen molar-refractivity contribution < 1.29 is 8.42 Å². The van der Waals surface area contributed by atoms with E-state index >= 15 is 0 Å². The van der Waals surface area contributed by atoms with Crippen LogP contribution in [-0.4, -0.2) is 13.4 Å². The van der Waals surface area contributed by atoms with E-state index in [1.54, 1.807) is 12.1 Å². The standard InChI is InChI=1S/C21H20N2O2S/c1-17(18-10-4-2-5-11-18)16-20(19-12-6-3-7-13-19)23-26(24,25)21-14-8-9-15-22-21/h2-17,23H,1H3/b20-16-. The highest BCUT2D eigenvalue weighted by Crippen LogP contribution is 2.23. The average Bonchev–Trinajstić information content (AvgIpc) is 2.69. The van der Waals surface area contributed by atoms with Crippen LogP contribution in [0.2, 0.25) is 0 Å². The van der Waals surface area contributed by atoms with Gasteiger partial charge < -0.3 is 0 Å². The topological polar surface area (TPSA) is 59.1 Å². The molecular formula is C21H20N2O2S. The van der Waals surface area contributed by atoms with E-state index in [4.69, 9.17) is 0 Å². The Hall–Kier alpha value is -2.92. The molecule has 1 aromatic heterocycles. The number of benzene rings is 2. The maximum atomic E-state index is 12.7. The van der Waals surface area contributed by atoms with Crippen LogP contribution in [0.3, 0.4) is 0 Å². The molecule has 26 heavy (non-hydrogen) atoms. The second-order valence-electron chi connectivity index (χ2n) is 5.92. The molecule has 3 rings (SSSR count). The van der Waals surface area contributed by atoms with Gasteiger partial charge in [-0.25, -0.2) is 4.98 Å². The van der Waals surface area contributed by atoms with E-state index in [2.05, 4.69) is 9.71 Å². The molecule has 5 heteroatoms. The van der Waals surface area contributed by atoms with E-state index in [1.165, 1.54) is 12.3 Å². The van der Waals surface area contributed by atoms with Crippen molar-refractivity contribution in [1.29, 1.82) is 0 Å². The molecule has 1 unspecified atom stereocenters. The molecule has 0 aliphatic heterocycles. The number of allylic oxidation sites excluding steroid dienone is 1. The molecule has 1 heterocycles. The van der Waals surface area contributed by atoms with Crippen LogP contribution in [0, 0.1) is 0 Å². The summed E-state index contributed by atoms with van der Waals surface area (Å²) in [5.74, 6) is 0.0397. The molecule has 3 aromatic rings. The Morgan fingerprint density at radius 2 is 1.54 bits per heavy atom. The first kappa shape index (κ1) is 17.9. The van der Waals surface area contributed by atoms with Crippen molar-refractivity contribution in [2.75, 3.05) is 0 Å². The Bertz CT molecular complexity index is 970. The van der Waals surface area contributed by atoms with Crippen LogP contribution in [0.5, 0.6) is 0 Å². The fraction of sp³-hybridized carbons (Fsp3) is 0.0952. The quantitative estimate of drug-likeness (QED) is 0.713. The largest absolute Gasteiger partial charge is 0.279 e. The third kappa shape index (κ3) is 4.37. The Kier molecular flexibility index (Phi) is 5.49. The molecule has 0 spiro atoms. The monoisotopic (exact) mass is 364 g/mol. The van der Waals surface area contributed by atoms with Gasteiger partial charge in [-0.2, -0.15) is 8.42 Å². The molecule has 0 bridgehead atoms. The van der Waals surface area contributed by atoms with Crippen molar-refractivity contribution in [3.05, 3.63) is 102 Å². The zero-order chi connectivity index (χ0) is 18.4. The zero-order valence-electron chi connectivity index (χ0n) is 14.4. The third-order valence-corrected chi connectivity index (χ3v) is 5.27. The van der Waals surface area contributed by atoms with Crippen LogP contribution in [-0.2, 0) is 10.0 Å². The van der Waals surface area contributed by atoms with Crippen LogP contribution in [0.4, 0.5) is 0 Å². The molecule has 0 aliphatic carbocycles. The highest BCUT2D eigenvalue weighted by atomic mass is 32.2. The van der Waals surface area contributed by atoms with Gasteiger partial charge in [0.2, 0.25) is 0 Å². The van der Waals surface area contributed by atoms with Crippen LogP contribution in [0.25, 0.3) is 5.70 Å². The number of nitrogens with zero attached hydrogens (tertiary/aromatic N) is 1. The molecule has 1 atom stereocenters. The molecule has 132 valence electrons. The first-order valence-corrected chi connectivity index (χ1v) is 9.80. The summed E-state index contributed by atoms with van der Waals surface area (Å²) in [5, 5.41) is -0.00537.